The smallest absolute Gasteiger partial charge is 0.167 e. The van der Waals surface area contributed by atoms with Crippen LogP contribution in [0, 0.1) is 5.82 Å². The topological polar surface area (TPSA) is 65.0 Å². The molecular formula is C15H23FN2O3. The minimum atomic E-state index is -0.857. The van der Waals surface area contributed by atoms with Crippen molar-refractivity contribution < 1.29 is 19.3 Å². The SMILES string of the molecule is OCC(O)CNc1ccc(OCCN2CCCC2)c(F)c1. The monoisotopic (exact) mass is 298 g/mol. The second-order valence-electron chi connectivity index (χ2n) is 5.26. The van der Waals surface area contributed by atoms with Crippen LogP contribution < -0.4 is 10.1 Å². The molecule has 5 nitrogen and oxygen atoms in total. The van der Waals surface area contributed by atoms with Gasteiger partial charge in [-0.1, -0.05) is 0 Å². The predicted molar refractivity (Wildman–Crippen MR) is 79.2 cm³/mol. The highest BCUT2D eigenvalue weighted by Crippen LogP contribution is 2.21. The van der Waals surface area contributed by atoms with Gasteiger partial charge in [0.1, 0.15) is 6.61 Å². The summed E-state index contributed by atoms with van der Waals surface area (Å²) in [6, 6.07) is 4.60. The van der Waals surface area contributed by atoms with Crippen LogP contribution in [0.5, 0.6) is 5.75 Å². The van der Waals surface area contributed by atoms with E-state index in [0.717, 1.165) is 19.6 Å². The van der Waals surface area contributed by atoms with Crippen LogP contribution in [0.25, 0.3) is 0 Å². The van der Waals surface area contributed by atoms with Gasteiger partial charge in [-0.15, -0.1) is 0 Å². The molecule has 6 heteroatoms. The first-order valence-electron chi connectivity index (χ1n) is 7.36. The molecule has 0 amide bonds. The third-order valence-electron chi connectivity index (χ3n) is 3.55. The Morgan fingerprint density at radius 3 is 2.76 bits per heavy atom. The molecule has 0 saturated carbocycles. The highest BCUT2D eigenvalue weighted by atomic mass is 19.1. The lowest BCUT2D eigenvalue weighted by molar-refractivity contribution is 0.105. The Kier molecular flexibility index (Phi) is 6.22. The maximum atomic E-state index is 13.9. The van der Waals surface area contributed by atoms with Gasteiger partial charge in [-0.3, -0.25) is 4.90 Å². The Labute approximate surface area is 124 Å². The normalized spacial score (nSPS) is 16.9. The van der Waals surface area contributed by atoms with Crippen molar-refractivity contribution in [1.29, 1.82) is 0 Å². The molecule has 1 fully saturated rings. The van der Waals surface area contributed by atoms with Gasteiger partial charge in [0.25, 0.3) is 0 Å². The number of hydrogen-bond acceptors (Lipinski definition) is 5. The Morgan fingerprint density at radius 2 is 2.10 bits per heavy atom. The van der Waals surface area contributed by atoms with Gasteiger partial charge in [0, 0.05) is 24.8 Å². The van der Waals surface area contributed by atoms with Gasteiger partial charge in [-0.05, 0) is 38.1 Å². The highest BCUT2D eigenvalue weighted by Gasteiger charge is 2.12. The zero-order valence-corrected chi connectivity index (χ0v) is 12.1. The number of aliphatic hydroxyl groups excluding tert-OH is 2. The molecule has 1 aromatic carbocycles. The molecule has 0 spiro atoms. The highest BCUT2D eigenvalue weighted by molar-refractivity contribution is 5.47. The predicted octanol–water partition coefficient (Wildman–Crippen LogP) is 1.07. The number of rotatable bonds is 8. The van der Waals surface area contributed by atoms with E-state index < -0.39 is 11.9 Å². The molecule has 1 atom stereocenters. The molecule has 3 N–H and O–H groups in total. The molecule has 1 unspecified atom stereocenters. The lowest BCUT2D eigenvalue weighted by Crippen LogP contribution is -2.25. The molecule has 1 aliphatic heterocycles. The van der Waals surface area contributed by atoms with Gasteiger partial charge in [-0.2, -0.15) is 0 Å². The van der Waals surface area contributed by atoms with Gasteiger partial charge in [0.2, 0.25) is 0 Å². The van der Waals surface area contributed by atoms with Crippen LogP contribution >= 0.6 is 0 Å². The number of hydrogen-bond donors (Lipinski definition) is 3. The molecule has 1 saturated heterocycles. The quantitative estimate of drug-likeness (QED) is 0.670. The van der Waals surface area contributed by atoms with E-state index in [1.807, 2.05) is 0 Å². The Bertz CT molecular complexity index is 439. The summed E-state index contributed by atoms with van der Waals surface area (Å²) in [5, 5.41) is 20.8. The van der Waals surface area contributed by atoms with Crippen molar-refractivity contribution in [3.8, 4) is 5.75 Å². The number of ether oxygens (including phenoxy) is 1. The summed E-state index contributed by atoms with van der Waals surface area (Å²) >= 11 is 0. The molecule has 21 heavy (non-hydrogen) atoms. The summed E-state index contributed by atoms with van der Waals surface area (Å²) in [4.78, 5) is 2.31. The molecule has 1 aliphatic rings. The number of halogens is 1. The summed E-state index contributed by atoms with van der Waals surface area (Å²) in [5.41, 5.74) is 0.548. The standard InChI is InChI=1S/C15H23FN2O3/c16-14-9-12(17-10-13(20)11-19)3-4-15(14)21-8-7-18-5-1-2-6-18/h3-4,9,13,17,19-20H,1-2,5-8,10-11H2. The van der Waals surface area contributed by atoms with E-state index in [0.29, 0.717) is 12.3 Å². The number of likely N-dealkylation sites (tertiary alicyclic amines) is 1. The fraction of sp³-hybridized carbons (Fsp3) is 0.600. The molecule has 2 rings (SSSR count). The van der Waals surface area contributed by atoms with Crippen LogP contribution in [-0.2, 0) is 0 Å². The van der Waals surface area contributed by atoms with Crippen molar-refractivity contribution in [2.24, 2.45) is 0 Å². The first kappa shape index (κ1) is 16.0. The van der Waals surface area contributed by atoms with Gasteiger partial charge in [0.15, 0.2) is 11.6 Å². The summed E-state index contributed by atoms with van der Waals surface area (Å²) in [6.45, 7) is 3.34. The number of benzene rings is 1. The zero-order chi connectivity index (χ0) is 15.1. The zero-order valence-electron chi connectivity index (χ0n) is 12.1. The molecule has 0 radical (unpaired) electrons. The molecule has 1 heterocycles. The second kappa shape index (κ2) is 8.17. The molecule has 118 valence electrons. The van der Waals surface area contributed by atoms with Crippen molar-refractivity contribution in [3.05, 3.63) is 24.0 Å². The second-order valence-corrected chi connectivity index (χ2v) is 5.26. The van der Waals surface area contributed by atoms with Crippen molar-refractivity contribution in [2.75, 3.05) is 44.7 Å². The number of nitrogens with one attached hydrogen (secondary N) is 1. The van der Waals surface area contributed by atoms with Crippen LogP contribution in [0.3, 0.4) is 0 Å². The average Bonchev–Trinajstić information content (AvgIpc) is 3.00. The molecule has 0 bridgehead atoms. The summed E-state index contributed by atoms with van der Waals surface area (Å²) < 4.78 is 19.3. The van der Waals surface area contributed by atoms with E-state index in [1.54, 1.807) is 12.1 Å². The third kappa shape index (κ3) is 5.15. The van der Waals surface area contributed by atoms with Crippen molar-refractivity contribution >= 4 is 5.69 Å². The maximum Gasteiger partial charge on any atom is 0.167 e. The Hall–Kier alpha value is -1.37. The fourth-order valence-corrected chi connectivity index (χ4v) is 2.32. The molecule has 1 aromatic rings. The minimum absolute atomic E-state index is 0.172. The van der Waals surface area contributed by atoms with Gasteiger partial charge in [0.05, 0.1) is 12.7 Å². The molecule has 0 aromatic heterocycles. The lowest BCUT2D eigenvalue weighted by Gasteiger charge is -2.16. The van der Waals surface area contributed by atoms with E-state index in [2.05, 4.69) is 10.2 Å². The minimum Gasteiger partial charge on any atom is -0.489 e. The van der Waals surface area contributed by atoms with Crippen LogP contribution in [0.4, 0.5) is 10.1 Å². The van der Waals surface area contributed by atoms with Crippen molar-refractivity contribution in [1.82, 2.24) is 4.90 Å². The summed E-state index contributed by atoms with van der Waals surface area (Å²) in [5.74, 6) is -0.192. The van der Waals surface area contributed by atoms with Crippen molar-refractivity contribution in [3.63, 3.8) is 0 Å². The van der Waals surface area contributed by atoms with E-state index in [4.69, 9.17) is 9.84 Å². The summed E-state index contributed by atoms with van der Waals surface area (Å²) in [7, 11) is 0. The van der Waals surface area contributed by atoms with Gasteiger partial charge >= 0.3 is 0 Å². The lowest BCUT2D eigenvalue weighted by atomic mass is 10.2. The maximum absolute atomic E-state index is 13.9. The third-order valence-corrected chi connectivity index (χ3v) is 3.55. The first-order chi connectivity index (χ1) is 10.2. The number of aliphatic hydroxyl groups is 2. The van der Waals surface area contributed by atoms with E-state index >= 15 is 0 Å². The van der Waals surface area contributed by atoms with Crippen molar-refractivity contribution in [2.45, 2.75) is 18.9 Å². The van der Waals surface area contributed by atoms with Crippen LogP contribution in [0.15, 0.2) is 18.2 Å². The summed E-state index contributed by atoms with van der Waals surface area (Å²) in [6.07, 6.45) is 1.60. The van der Waals surface area contributed by atoms with Crippen LogP contribution in [-0.4, -0.2) is 60.6 Å². The Morgan fingerprint density at radius 1 is 1.33 bits per heavy atom. The number of anilines is 1. The van der Waals surface area contributed by atoms with Crippen LogP contribution in [0.2, 0.25) is 0 Å². The van der Waals surface area contributed by atoms with E-state index in [9.17, 15) is 9.50 Å². The largest absolute Gasteiger partial charge is 0.489 e. The average molecular weight is 298 g/mol. The van der Waals surface area contributed by atoms with Gasteiger partial charge < -0.3 is 20.3 Å². The fourth-order valence-electron chi connectivity index (χ4n) is 2.32. The first-order valence-corrected chi connectivity index (χ1v) is 7.36. The van der Waals surface area contributed by atoms with E-state index in [-0.39, 0.29) is 18.9 Å². The Balaban J connectivity index is 1.78. The van der Waals surface area contributed by atoms with E-state index in [1.165, 1.54) is 18.9 Å². The number of nitrogens with zero attached hydrogens (tertiary/aromatic N) is 1. The van der Waals surface area contributed by atoms with Crippen LogP contribution in [0.1, 0.15) is 12.8 Å². The van der Waals surface area contributed by atoms with Gasteiger partial charge in [-0.25, -0.2) is 4.39 Å². The molecular weight excluding hydrogens is 275 g/mol. The molecule has 0 aliphatic carbocycles.